The van der Waals surface area contributed by atoms with Crippen LogP contribution in [0.15, 0.2) is 47.3 Å². The Bertz CT molecular complexity index is 791. The van der Waals surface area contributed by atoms with E-state index in [9.17, 15) is 4.79 Å². The van der Waals surface area contributed by atoms with E-state index >= 15 is 0 Å². The fraction of sp³-hybridized carbons (Fsp3) is 0.176. The standard InChI is InChI=1S/C17H16N2O2/c1-11-7-12(2)17-13(10-21-15(17)8-11)9-16(20)19-14-3-5-18-6-4-14/h3-8,10H,9H2,1-2H3,(H,18,19,20). The smallest absolute Gasteiger partial charge is 0.228 e. The molecule has 0 radical (unpaired) electrons. The Labute approximate surface area is 122 Å². The molecular formula is C17H16N2O2. The van der Waals surface area contributed by atoms with Crippen LogP contribution < -0.4 is 5.32 Å². The summed E-state index contributed by atoms with van der Waals surface area (Å²) >= 11 is 0. The molecule has 0 aliphatic carbocycles. The first-order chi connectivity index (χ1) is 10.1. The van der Waals surface area contributed by atoms with Crippen molar-refractivity contribution in [1.82, 2.24) is 4.98 Å². The third-order valence-corrected chi connectivity index (χ3v) is 3.41. The average molecular weight is 280 g/mol. The molecule has 1 N–H and O–H groups in total. The highest BCUT2D eigenvalue weighted by atomic mass is 16.3. The maximum absolute atomic E-state index is 12.1. The fourth-order valence-corrected chi connectivity index (χ4v) is 2.57. The second kappa shape index (κ2) is 5.40. The van der Waals surface area contributed by atoms with Crippen LogP contribution in [0.25, 0.3) is 11.0 Å². The molecule has 0 spiro atoms. The highest BCUT2D eigenvalue weighted by Gasteiger charge is 2.13. The third kappa shape index (κ3) is 2.79. The molecule has 4 heteroatoms. The van der Waals surface area contributed by atoms with Gasteiger partial charge in [0.15, 0.2) is 0 Å². The normalized spacial score (nSPS) is 10.8. The number of fused-ring (bicyclic) bond motifs is 1. The Kier molecular flexibility index (Phi) is 3.44. The van der Waals surface area contributed by atoms with Gasteiger partial charge in [0.1, 0.15) is 5.58 Å². The number of aromatic nitrogens is 1. The number of carbonyl (C=O) groups is 1. The number of hydrogen-bond acceptors (Lipinski definition) is 3. The number of nitrogens with one attached hydrogen (secondary N) is 1. The zero-order valence-electron chi connectivity index (χ0n) is 12.0. The zero-order chi connectivity index (χ0) is 14.8. The molecule has 0 saturated heterocycles. The summed E-state index contributed by atoms with van der Waals surface area (Å²) in [6.45, 7) is 4.07. The second-order valence-corrected chi connectivity index (χ2v) is 5.18. The summed E-state index contributed by atoms with van der Waals surface area (Å²) in [7, 11) is 0. The van der Waals surface area contributed by atoms with Gasteiger partial charge < -0.3 is 9.73 Å². The van der Waals surface area contributed by atoms with E-state index in [4.69, 9.17) is 4.42 Å². The lowest BCUT2D eigenvalue weighted by atomic mass is 10.0. The first-order valence-corrected chi connectivity index (χ1v) is 6.80. The van der Waals surface area contributed by atoms with Crippen LogP contribution in [-0.4, -0.2) is 10.9 Å². The van der Waals surface area contributed by atoms with E-state index in [-0.39, 0.29) is 5.91 Å². The number of amides is 1. The van der Waals surface area contributed by atoms with Crippen LogP contribution in [-0.2, 0) is 11.2 Å². The molecule has 2 aromatic heterocycles. The van der Waals surface area contributed by atoms with Gasteiger partial charge in [0, 0.05) is 29.0 Å². The minimum absolute atomic E-state index is 0.0659. The van der Waals surface area contributed by atoms with E-state index in [1.165, 1.54) is 0 Å². The minimum atomic E-state index is -0.0659. The molecule has 0 atom stereocenters. The number of furan rings is 1. The van der Waals surface area contributed by atoms with Crippen LogP contribution in [0.5, 0.6) is 0 Å². The van der Waals surface area contributed by atoms with Crippen molar-refractivity contribution < 1.29 is 9.21 Å². The number of hydrogen-bond donors (Lipinski definition) is 1. The van der Waals surface area contributed by atoms with Crippen molar-refractivity contribution in [3.05, 3.63) is 59.6 Å². The van der Waals surface area contributed by atoms with E-state index in [2.05, 4.69) is 16.4 Å². The van der Waals surface area contributed by atoms with Gasteiger partial charge >= 0.3 is 0 Å². The molecule has 21 heavy (non-hydrogen) atoms. The van der Waals surface area contributed by atoms with Gasteiger partial charge in [-0.05, 0) is 43.2 Å². The first kappa shape index (κ1) is 13.4. The molecule has 3 aromatic rings. The van der Waals surface area contributed by atoms with Gasteiger partial charge in [0.2, 0.25) is 5.91 Å². The second-order valence-electron chi connectivity index (χ2n) is 5.18. The summed E-state index contributed by atoms with van der Waals surface area (Å²) in [6.07, 6.45) is 5.26. The Morgan fingerprint density at radius 1 is 1.24 bits per heavy atom. The van der Waals surface area contributed by atoms with Crippen LogP contribution in [0.3, 0.4) is 0 Å². The summed E-state index contributed by atoms with van der Waals surface area (Å²) in [6, 6.07) is 7.62. The van der Waals surface area contributed by atoms with Crippen molar-refractivity contribution in [2.24, 2.45) is 0 Å². The predicted octanol–water partition coefficient (Wildman–Crippen LogP) is 3.63. The number of benzene rings is 1. The molecular weight excluding hydrogens is 264 g/mol. The Morgan fingerprint density at radius 2 is 2.00 bits per heavy atom. The highest BCUT2D eigenvalue weighted by molar-refractivity contribution is 5.96. The van der Waals surface area contributed by atoms with Crippen LogP contribution in [0.2, 0.25) is 0 Å². The van der Waals surface area contributed by atoms with Crippen molar-refractivity contribution in [3.8, 4) is 0 Å². The number of aryl methyl sites for hydroxylation is 2. The summed E-state index contributed by atoms with van der Waals surface area (Å²) < 4.78 is 5.57. The lowest BCUT2D eigenvalue weighted by molar-refractivity contribution is -0.115. The van der Waals surface area contributed by atoms with Crippen molar-refractivity contribution in [2.45, 2.75) is 20.3 Å². The van der Waals surface area contributed by atoms with Gasteiger partial charge in [-0.1, -0.05) is 6.07 Å². The Hall–Kier alpha value is -2.62. The average Bonchev–Trinajstić information content (AvgIpc) is 2.82. The number of carbonyl (C=O) groups excluding carboxylic acids is 1. The minimum Gasteiger partial charge on any atom is -0.464 e. The molecule has 2 heterocycles. The Balaban J connectivity index is 1.84. The lowest BCUT2D eigenvalue weighted by Crippen LogP contribution is -2.14. The summed E-state index contributed by atoms with van der Waals surface area (Å²) in [5.41, 5.74) is 4.77. The van der Waals surface area contributed by atoms with Gasteiger partial charge in [-0.3, -0.25) is 9.78 Å². The summed E-state index contributed by atoms with van der Waals surface area (Å²) in [5.74, 6) is -0.0659. The van der Waals surface area contributed by atoms with E-state index < -0.39 is 0 Å². The van der Waals surface area contributed by atoms with Gasteiger partial charge in [-0.15, -0.1) is 0 Å². The molecule has 0 aliphatic heterocycles. The van der Waals surface area contributed by atoms with Gasteiger partial charge in [0.25, 0.3) is 0 Å². The first-order valence-electron chi connectivity index (χ1n) is 6.80. The van der Waals surface area contributed by atoms with Crippen LogP contribution in [0.4, 0.5) is 5.69 Å². The van der Waals surface area contributed by atoms with Crippen molar-refractivity contribution in [3.63, 3.8) is 0 Å². The molecule has 0 aliphatic rings. The maximum Gasteiger partial charge on any atom is 0.228 e. The van der Waals surface area contributed by atoms with Gasteiger partial charge in [0.05, 0.1) is 12.7 Å². The molecule has 3 rings (SSSR count). The quantitative estimate of drug-likeness (QED) is 0.797. The highest BCUT2D eigenvalue weighted by Crippen LogP contribution is 2.26. The van der Waals surface area contributed by atoms with Crippen LogP contribution in [0, 0.1) is 13.8 Å². The number of nitrogens with zero attached hydrogens (tertiary/aromatic N) is 1. The zero-order valence-corrected chi connectivity index (χ0v) is 12.0. The lowest BCUT2D eigenvalue weighted by Gasteiger charge is -2.05. The summed E-state index contributed by atoms with van der Waals surface area (Å²) in [5, 5.41) is 3.89. The Morgan fingerprint density at radius 3 is 2.76 bits per heavy atom. The molecule has 0 fully saturated rings. The largest absolute Gasteiger partial charge is 0.464 e. The SMILES string of the molecule is Cc1cc(C)c2c(CC(=O)Nc3ccncc3)coc2c1. The molecule has 1 aromatic carbocycles. The number of pyridine rings is 1. The molecule has 0 saturated carbocycles. The van der Waals surface area contributed by atoms with E-state index in [1.807, 2.05) is 19.9 Å². The molecule has 0 bridgehead atoms. The monoisotopic (exact) mass is 280 g/mol. The van der Waals surface area contributed by atoms with Crippen LogP contribution in [0.1, 0.15) is 16.7 Å². The predicted molar refractivity (Wildman–Crippen MR) is 82.3 cm³/mol. The molecule has 106 valence electrons. The van der Waals surface area contributed by atoms with Crippen molar-refractivity contribution >= 4 is 22.6 Å². The topological polar surface area (TPSA) is 55.1 Å². The van der Waals surface area contributed by atoms with E-state index in [1.54, 1.807) is 30.8 Å². The number of rotatable bonds is 3. The van der Waals surface area contributed by atoms with Gasteiger partial charge in [-0.25, -0.2) is 0 Å². The van der Waals surface area contributed by atoms with Gasteiger partial charge in [-0.2, -0.15) is 0 Å². The van der Waals surface area contributed by atoms with E-state index in [0.717, 1.165) is 33.3 Å². The molecule has 0 unspecified atom stereocenters. The number of anilines is 1. The molecule has 4 nitrogen and oxygen atoms in total. The third-order valence-electron chi connectivity index (χ3n) is 3.41. The molecule has 1 amide bonds. The van der Waals surface area contributed by atoms with Crippen molar-refractivity contribution in [1.29, 1.82) is 0 Å². The maximum atomic E-state index is 12.1. The summed E-state index contributed by atoms with van der Waals surface area (Å²) in [4.78, 5) is 16.1. The van der Waals surface area contributed by atoms with E-state index in [0.29, 0.717) is 6.42 Å². The van der Waals surface area contributed by atoms with Crippen LogP contribution >= 0.6 is 0 Å². The van der Waals surface area contributed by atoms with Crippen molar-refractivity contribution in [2.75, 3.05) is 5.32 Å². The fourth-order valence-electron chi connectivity index (χ4n) is 2.57.